The second kappa shape index (κ2) is 4.61. The highest BCUT2D eigenvalue weighted by atomic mass is 16.5. The summed E-state index contributed by atoms with van der Waals surface area (Å²) >= 11 is 0. The molecule has 2 rings (SSSR count). The van der Waals surface area contributed by atoms with Gasteiger partial charge in [-0.3, -0.25) is 4.79 Å². The summed E-state index contributed by atoms with van der Waals surface area (Å²) in [5, 5.41) is 9.03. The molecular formula is C14H18O4. The Kier molecular flexibility index (Phi) is 3.30. The fourth-order valence-corrected chi connectivity index (χ4v) is 2.59. The zero-order valence-electron chi connectivity index (χ0n) is 10.9. The Bertz CT molecular complexity index is 452. The van der Waals surface area contributed by atoms with Gasteiger partial charge in [-0.1, -0.05) is 12.1 Å². The van der Waals surface area contributed by atoms with Crippen LogP contribution in [0.4, 0.5) is 0 Å². The standard InChI is InChI=1S/C14H18O4/c1-9-4-11(5-10(2)13(9)17-3)14(6-12(15)16)7-18-8-14/h4-5H,6-8H2,1-3H3,(H,15,16). The Labute approximate surface area is 107 Å². The summed E-state index contributed by atoms with van der Waals surface area (Å²) in [5.74, 6) is 0.0777. The second-order valence-corrected chi connectivity index (χ2v) is 4.99. The molecule has 0 atom stereocenters. The first kappa shape index (κ1) is 12.9. The van der Waals surface area contributed by atoms with Crippen molar-refractivity contribution in [1.29, 1.82) is 0 Å². The van der Waals surface area contributed by atoms with Crippen molar-refractivity contribution in [3.63, 3.8) is 0 Å². The quantitative estimate of drug-likeness (QED) is 0.888. The van der Waals surface area contributed by atoms with Gasteiger partial charge in [-0.25, -0.2) is 0 Å². The Balaban J connectivity index is 2.41. The van der Waals surface area contributed by atoms with Gasteiger partial charge < -0.3 is 14.6 Å². The van der Waals surface area contributed by atoms with Crippen LogP contribution < -0.4 is 4.74 Å². The van der Waals surface area contributed by atoms with Gasteiger partial charge in [-0.15, -0.1) is 0 Å². The normalized spacial score (nSPS) is 17.1. The zero-order chi connectivity index (χ0) is 13.3. The Hall–Kier alpha value is -1.55. The number of carbonyl (C=O) groups is 1. The van der Waals surface area contributed by atoms with E-state index in [-0.39, 0.29) is 11.8 Å². The fourth-order valence-electron chi connectivity index (χ4n) is 2.59. The number of benzene rings is 1. The van der Waals surface area contributed by atoms with E-state index in [9.17, 15) is 4.79 Å². The van der Waals surface area contributed by atoms with Crippen LogP contribution in [0.25, 0.3) is 0 Å². The van der Waals surface area contributed by atoms with Gasteiger partial charge in [0.25, 0.3) is 0 Å². The summed E-state index contributed by atoms with van der Waals surface area (Å²) in [4.78, 5) is 11.0. The highest BCUT2D eigenvalue weighted by molar-refractivity contribution is 5.69. The molecule has 4 nitrogen and oxygen atoms in total. The number of ether oxygens (including phenoxy) is 2. The van der Waals surface area contributed by atoms with E-state index in [0.29, 0.717) is 13.2 Å². The smallest absolute Gasteiger partial charge is 0.304 e. The van der Waals surface area contributed by atoms with Gasteiger partial charge in [0.2, 0.25) is 0 Å². The average molecular weight is 250 g/mol. The molecule has 0 radical (unpaired) electrons. The molecule has 1 aromatic carbocycles. The first-order valence-electron chi connectivity index (χ1n) is 5.94. The Morgan fingerprint density at radius 1 is 1.39 bits per heavy atom. The van der Waals surface area contributed by atoms with Crippen molar-refractivity contribution in [3.8, 4) is 5.75 Å². The van der Waals surface area contributed by atoms with Crippen molar-refractivity contribution in [3.05, 3.63) is 28.8 Å². The van der Waals surface area contributed by atoms with Gasteiger partial charge in [-0.05, 0) is 30.5 Å². The zero-order valence-corrected chi connectivity index (χ0v) is 10.9. The summed E-state index contributed by atoms with van der Waals surface area (Å²) in [7, 11) is 1.65. The van der Waals surface area contributed by atoms with Gasteiger partial charge in [0, 0.05) is 0 Å². The molecule has 0 unspecified atom stereocenters. The first-order chi connectivity index (χ1) is 8.48. The maximum absolute atomic E-state index is 11.0. The number of methoxy groups -OCH3 is 1. The molecule has 0 aromatic heterocycles. The van der Waals surface area contributed by atoms with Gasteiger partial charge >= 0.3 is 5.97 Å². The van der Waals surface area contributed by atoms with Crippen LogP contribution in [0.3, 0.4) is 0 Å². The number of rotatable bonds is 4. The molecule has 4 heteroatoms. The van der Waals surface area contributed by atoms with E-state index in [1.165, 1.54) is 0 Å². The fraction of sp³-hybridized carbons (Fsp3) is 0.500. The molecule has 18 heavy (non-hydrogen) atoms. The van der Waals surface area contributed by atoms with Crippen molar-refractivity contribution in [1.82, 2.24) is 0 Å². The SMILES string of the molecule is COc1c(C)cc(C2(CC(=O)O)COC2)cc1C. The molecule has 1 aliphatic heterocycles. The lowest BCUT2D eigenvalue weighted by atomic mass is 9.75. The Morgan fingerprint density at radius 3 is 2.28 bits per heavy atom. The van der Waals surface area contributed by atoms with Crippen LogP contribution >= 0.6 is 0 Å². The molecule has 0 saturated carbocycles. The number of carboxylic acid groups (broad SMARTS) is 1. The highest BCUT2D eigenvalue weighted by Crippen LogP contribution is 2.38. The molecule has 0 amide bonds. The molecule has 98 valence electrons. The van der Waals surface area contributed by atoms with E-state index in [0.717, 1.165) is 22.4 Å². The average Bonchev–Trinajstić information content (AvgIpc) is 2.22. The number of hydrogen-bond donors (Lipinski definition) is 1. The van der Waals surface area contributed by atoms with E-state index < -0.39 is 5.97 Å². The third-order valence-electron chi connectivity index (χ3n) is 3.52. The molecule has 1 saturated heterocycles. The van der Waals surface area contributed by atoms with Gasteiger partial charge in [0.15, 0.2) is 0 Å². The lowest BCUT2D eigenvalue weighted by molar-refractivity contribution is -0.145. The summed E-state index contributed by atoms with van der Waals surface area (Å²) < 4.78 is 10.6. The maximum Gasteiger partial charge on any atom is 0.304 e. The maximum atomic E-state index is 11.0. The van der Waals surface area contributed by atoms with Crippen molar-refractivity contribution < 1.29 is 19.4 Å². The van der Waals surface area contributed by atoms with Crippen molar-refractivity contribution >= 4 is 5.97 Å². The molecule has 0 spiro atoms. The van der Waals surface area contributed by atoms with Crippen LogP contribution in [0.2, 0.25) is 0 Å². The third kappa shape index (κ3) is 2.08. The number of aryl methyl sites for hydroxylation is 2. The highest BCUT2D eigenvalue weighted by Gasteiger charge is 2.42. The summed E-state index contributed by atoms with van der Waals surface area (Å²) in [6, 6.07) is 4.02. The van der Waals surface area contributed by atoms with Crippen LogP contribution in [0.15, 0.2) is 12.1 Å². The van der Waals surface area contributed by atoms with E-state index in [1.54, 1.807) is 7.11 Å². The summed E-state index contributed by atoms with van der Waals surface area (Å²) in [6.07, 6.45) is 0.109. The van der Waals surface area contributed by atoms with E-state index >= 15 is 0 Å². The van der Waals surface area contributed by atoms with Gasteiger partial charge in [-0.2, -0.15) is 0 Å². The van der Waals surface area contributed by atoms with Crippen LogP contribution in [0, 0.1) is 13.8 Å². The lowest BCUT2D eigenvalue weighted by Crippen LogP contribution is -2.48. The van der Waals surface area contributed by atoms with Crippen molar-refractivity contribution in [2.75, 3.05) is 20.3 Å². The molecule has 0 bridgehead atoms. The second-order valence-electron chi connectivity index (χ2n) is 4.99. The summed E-state index contributed by atoms with van der Waals surface area (Å²) in [5.41, 5.74) is 2.73. The van der Waals surface area contributed by atoms with E-state index in [1.807, 2.05) is 26.0 Å². The minimum absolute atomic E-state index is 0.109. The van der Waals surface area contributed by atoms with Crippen LogP contribution in [0.5, 0.6) is 5.75 Å². The van der Waals surface area contributed by atoms with Crippen LogP contribution in [-0.4, -0.2) is 31.4 Å². The molecule has 1 N–H and O–H groups in total. The summed E-state index contributed by atoms with van der Waals surface area (Å²) in [6.45, 7) is 4.90. The molecular weight excluding hydrogens is 232 g/mol. The molecule has 0 aliphatic carbocycles. The van der Waals surface area contributed by atoms with Crippen LogP contribution in [0.1, 0.15) is 23.1 Å². The molecule has 1 heterocycles. The number of aliphatic carboxylic acids is 1. The van der Waals surface area contributed by atoms with Crippen molar-refractivity contribution in [2.24, 2.45) is 0 Å². The van der Waals surface area contributed by atoms with E-state index in [2.05, 4.69) is 0 Å². The minimum Gasteiger partial charge on any atom is -0.496 e. The lowest BCUT2D eigenvalue weighted by Gasteiger charge is -2.41. The van der Waals surface area contributed by atoms with Gasteiger partial charge in [0.05, 0.1) is 32.2 Å². The largest absolute Gasteiger partial charge is 0.496 e. The van der Waals surface area contributed by atoms with E-state index in [4.69, 9.17) is 14.6 Å². The van der Waals surface area contributed by atoms with Gasteiger partial charge in [0.1, 0.15) is 5.75 Å². The predicted octanol–water partition coefficient (Wildman–Crippen LogP) is 2.05. The molecule has 1 fully saturated rings. The molecule has 1 aliphatic rings. The first-order valence-corrected chi connectivity index (χ1v) is 5.94. The third-order valence-corrected chi connectivity index (χ3v) is 3.52. The molecule has 1 aromatic rings. The monoisotopic (exact) mass is 250 g/mol. The number of hydrogen-bond acceptors (Lipinski definition) is 3. The van der Waals surface area contributed by atoms with Crippen molar-refractivity contribution in [2.45, 2.75) is 25.7 Å². The number of carboxylic acids is 1. The topological polar surface area (TPSA) is 55.8 Å². The Morgan fingerprint density at radius 2 is 1.94 bits per heavy atom. The minimum atomic E-state index is -0.788. The predicted molar refractivity (Wildman–Crippen MR) is 67.2 cm³/mol. The van der Waals surface area contributed by atoms with Crippen LogP contribution in [-0.2, 0) is 14.9 Å².